The molecule has 2 N–H and O–H groups in total. The quantitative estimate of drug-likeness (QED) is 0.707. The fraction of sp³-hybridized carbons (Fsp3) is 0.190. The van der Waals surface area contributed by atoms with Gasteiger partial charge in [0.15, 0.2) is 11.5 Å². The number of benzene rings is 2. The van der Waals surface area contributed by atoms with E-state index in [1.807, 2.05) is 43.3 Å². The molecule has 1 amide bonds. The molecule has 3 rings (SSSR count). The molecule has 0 spiro atoms. The zero-order chi connectivity index (χ0) is 18.4. The first-order valence-corrected chi connectivity index (χ1v) is 8.67. The number of carbonyl (C=O) groups is 1. The Morgan fingerprint density at radius 3 is 2.42 bits per heavy atom. The minimum atomic E-state index is -0.238. The van der Waals surface area contributed by atoms with Crippen molar-refractivity contribution in [2.75, 3.05) is 5.32 Å². The average Bonchev–Trinajstić information content (AvgIpc) is 2.67. The molecule has 3 aromatic rings. The summed E-state index contributed by atoms with van der Waals surface area (Å²) in [6.07, 6.45) is 1.01. The highest BCUT2D eigenvalue weighted by atomic mass is 16.1. The fourth-order valence-corrected chi connectivity index (χ4v) is 2.59. The van der Waals surface area contributed by atoms with E-state index in [0.29, 0.717) is 18.1 Å². The molecular weight excluding hydrogens is 324 g/mol. The zero-order valence-corrected chi connectivity index (χ0v) is 15.0. The minimum Gasteiger partial charge on any atom is -0.347 e. The van der Waals surface area contributed by atoms with E-state index in [2.05, 4.69) is 39.9 Å². The van der Waals surface area contributed by atoms with Crippen molar-refractivity contribution < 1.29 is 4.79 Å². The first-order chi connectivity index (χ1) is 12.6. The van der Waals surface area contributed by atoms with Gasteiger partial charge in [0.05, 0.1) is 0 Å². The van der Waals surface area contributed by atoms with Gasteiger partial charge >= 0.3 is 0 Å². The van der Waals surface area contributed by atoms with Crippen LogP contribution in [0.4, 0.5) is 11.5 Å². The summed E-state index contributed by atoms with van der Waals surface area (Å²) in [6.45, 7) is 4.61. The van der Waals surface area contributed by atoms with Gasteiger partial charge in [0.1, 0.15) is 0 Å². The van der Waals surface area contributed by atoms with Crippen molar-refractivity contribution in [3.05, 3.63) is 83.0 Å². The van der Waals surface area contributed by atoms with Gasteiger partial charge < -0.3 is 10.6 Å². The maximum atomic E-state index is 12.2. The van der Waals surface area contributed by atoms with Crippen LogP contribution < -0.4 is 10.6 Å². The van der Waals surface area contributed by atoms with Gasteiger partial charge in [-0.2, -0.15) is 0 Å². The van der Waals surface area contributed by atoms with Gasteiger partial charge in [-0.25, -0.2) is 0 Å². The van der Waals surface area contributed by atoms with Crippen molar-refractivity contribution in [3.8, 4) is 0 Å². The third kappa shape index (κ3) is 4.66. The predicted molar refractivity (Wildman–Crippen MR) is 103 cm³/mol. The van der Waals surface area contributed by atoms with Gasteiger partial charge in [-0.1, -0.05) is 48.9 Å². The first kappa shape index (κ1) is 17.6. The third-order valence-electron chi connectivity index (χ3n) is 4.07. The molecule has 1 heterocycles. The molecule has 0 atom stereocenters. The summed E-state index contributed by atoms with van der Waals surface area (Å²) in [7, 11) is 0. The van der Waals surface area contributed by atoms with Crippen molar-refractivity contribution in [1.29, 1.82) is 0 Å². The number of nitrogens with zero attached hydrogens (tertiary/aromatic N) is 2. The predicted octanol–water partition coefficient (Wildman–Crippen LogP) is 4.02. The van der Waals surface area contributed by atoms with Crippen LogP contribution in [0, 0.1) is 6.92 Å². The van der Waals surface area contributed by atoms with Gasteiger partial charge in [0.25, 0.3) is 5.91 Å². The second-order valence-electron chi connectivity index (χ2n) is 6.15. The molecule has 26 heavy (non-hydrogen) atoms. The minimum absolute atomic E-state index is 0.238. The summed E-state index contributed by atoms with van der Waals surface area (Å²) >= 11 is 0. The smallest absolute Gasteiger partial charge is 0.272 e. The van der Waals surface area contributed by atoms with E-state index in [9.17, 15) is 4.79 Å². The molecule has 0 fully saturated rings. The number of hydrogen-bond acceptors (Lipinski definition) is 4. The molecule has 0 bridgehead atoms. The molecule has 0 aliphatic heterocycles. The van der Waals surface area contributed by atoms with E-state index < -0.39 is 0 Å². The second-order valence-corrected chi connectivity index (χ2v) is 6.15. The van der Waals surface area contributed by atoms with Crippen LogP contribution >= 0.6 is 0 Å². The highest BCUT2D eigenvalue weighted by Crippen LogP contribution is 2.15. The lowest BCUT2D eigenvalue weighted by Crippen LogP contribution is -2.24. The van der Waals surface area contributed by atoms with Crippen LogP contribution in [0.5, 0.6) is 0 Å². The van der Waals surface area contributed by atoms with Crippen LogP contribution in [-0.2, 0) is 13.0 Å². The Balaban J connectivity index is 1.58. The lowest BCUT2D eigenvalue weighted by atomic mass is 10.1. The number of aromatic nitrogens is 2. The molecule has 5 nitrogen and oxygen atoms in total. The lowest BCUT2D eigenvalue weighted by molar-refractivity contribution is 0.0945. The average molecular weight is 346 g/mol. The Kier molecular flexibility index (Phi) is 5.59. The van der Waals surface area contributed by atoms with Crippen molar-refractivity contribution in [1.82, 2.24) is 15.5 Å². The van der Waals surface area contributed by atoms with Crippen LogP contribution in [-0.4, -0.2) is 16.1 Å². The number of aryl methyl sites for hydroxylation is 2. The molecular formula is C21H22N4O. The Hall–Kier alpha value is -3.21. The number of anilines is 2. The van der Waals surface area contributed by atoms with E-state index >= 15 is 0 Å². The molecule has 5 heteroatoms. The first-order valence-electron chi connectivity index (χ1n) is 8.67. The Bertz CT molecular complexity index is 873. The molecule has 0 radical (unpaired) electrons. The van der Waals surface area contributed by atoms with Crippen LogP contribution in [0.15, 0.2) is 60.7 Å². The number of rotatable bonds is 6. The number of hydrogen-bond donors (Lipinski definition) is 2. The van der Waals surface area contributed by atoms with Gasteiger partial charge in [-0.05, 0) is 48.7 Å². The van der Waals surface area contributed by atoms with Crippen LogP contribution in [0.3, 0.4) is 0 Å². The highest BCUT2D eigenvalue weighted by Gasteiger charge is 2.08. The normalized spacial score (nSPS) is 10.4. The molecule has 1 aromatic heterocycles. The molecule has 0 saturated heterocycles. The topological polar surface area (TPSA) is 66.9 Å². The zero-order valence-electron chi connectivity index (χ0n) is 15.0. The molecule has 0 aliphatic rings. The largest absolute Gasteiger partial charge is 0.347 e. The third-order valence-corrected chi connectivity index (χ3v) is 4.07. The van der Waals surface area contributed by atoms with Crippen molar-refractivity contribution in [2.24, 2.45) is 0 Å². The summed E-state index contributed by atoms with van der Waals surface area (Å²) in [5.74, 6) is 0.363. The summed E-state index contributed by atoms with van der Waals surface area (Å²) < 4.78 is 0. The summed E-state index contributed by atoms with van der Waals surface area (Å²) in [6, 6.07) is 19.6. The molecule has 2 aromatic carbocycles. The number of carbonyl (C=O) groups excluding carboxylic acids is 1. The van der Waals surface area contributed by atoms with E-state index in [1.165, 1.54) is 11.1 Å². The standard InChI is InChI=1S/C21H22N4O/c1-3-16-7-9-18(10-8-16)23-20-12-11-19(24-25-20)21(26)22-14-17-6-4-5-15(2)13-17/h4-13H,3,14H2,1-2H3,(H,22,26)(H,23,25). The molecule has 0 aliphatic carbocycles. The van der Waals surface area contributed by atoms with E-state index in [0.717, 1.165) is 17.7 Å². The second kappa shape index (κ2) is 8.25. The molecule has 0 saturated carbocycles. The van der Waals surface area contributed by atoms with Crippen molar-refractivity contribution in [3.63, 3.8) is 0 Å². The van der Waals surface area contributed by atoms with E-state index in [1.54, 1.807) is 12.1 Å². The van der Waals surface area contributed by atoms with E-state index in [-0.39, 0.29) is 5.91 Å². The monoisotopic (exact) mass is 346 g/mol. The maximum absolute atomic E-state index is 12.2. The van der Waals surface area contributed by atoms with Gasteiger partial charge in [-0.15, -0.1) is 10.2 Å². The number of amides is 1. The van der Waals surface area contributed by atoms with Gasteiger partial charge in [0, 0.05) is 12.2 Å². The van der Waals surface area contributed by atoms with Crippen LogP contribution in [0.25, 0.3) is 0 Å². The van der Waals surface area contributed by atoms with Gasteiger partial charge in [0.2, 0.25) is 0 Å². The maximum Gasteiger partial charge on any atom is 0.272 e. The fourth-order valence-electron chi connectivity index (χ4n) is 2.59. The van der Waals surface area contributed by atoms with Gasteiger partial charge in [-0.3, -0.25) is 4.79 Å². The Labute approximate surface area is 153 Å². The Morgan fingerprint density at radius 2 is 1.77 bits per heavy atom. The summed E-state index contributed by atoms with van der Waals surface area (Å²) in [5.41, 5.74) is 4.74. The highest BCUT2D eigenvalue weighted by molar-refractivity contribution is 5.92. The van der Waals surface area contributed by atoms with E-state index in [4.69, 9.17) is 0 Å². The van der Waals surface area contributed by atoms with Crippen molar-refractivity contribution >= 4 is 17.4 Å². The van der Waals surface area contributed by atoms with Crippen LogP contribution in [0.2, 0.25) is 0 Å². The van der Waals surface area contributed by atoms with Crippen molar-refractivity contribution in [2.45, 2.75) is 26.8 Å². The summed E-state index contributed by atoms with van der Waals surface area (Å²) in [5, 5.41) is 14.1. The molecule has 0 unspecified atom stereocenters. The Morgan fingerprint density at radius 1 is 0.962 bits per heavy atom. The SMILES string of the molecule is CCc1ccc(Nc2ccc(C(=O)NCc3cccc(C)c3)nn2)cc1. The number of nitrogens with one attached hydrogen (secondary N) is 2. The summed E-state index contributed by atoms with van der Waals surface area (Å²) in [4.78, 5) is 12.2. The van der Waals surface area contributed by atoms with Crippen LogP contribution in [0.1, 0.15) is 34.1 Å². The lowest BCUT2D eigenvalue weighted by Gasteiger charge is -2.07. The molecule has 132 valence electrons.